The lowest BCUT2D eigenvalue weighted by Crippen LogP contribution is -2.43. The molecule has 2 unspecified atom stereocenters. The number of rotatable bonds is 3. The number of guanidine groups is 1. The summed E-state index contributed by atoms with van der Waals surface area (Å²) in [6, 6.07) is 0.263. The van der Waals surface area contributed by atoms with Gasteiger partial charge in [-0.1, -0.05) is 6.92 Å². The van der Waals surface area contributed by atoms with Crippen LogP contribution in [0.1, 0.15) is 13.8 Å². The summed E-state index contributed by atoms with van der Waals surface area (Å²) in [6.45, 7) is 6.03. The van der Waals surface area contributed by atoms with Gasteiger partial charge < -0.3 is 15.7 Å². The summed E-state index contributed by atoms with van der Waals surface area (Å²) in [5.74, 6) is 1.12. The van der Waals surface area contributed by atoms with Crippen molar-refractivity contribution in [1.29, 1.82) is 0 Å². The lowest BCUT2D eigenvalue weighted by atomic mass is 10.1. The van der Waals surface area contributed by atoms with Crippen molar-refractivity contribution in [2.45, 2.75) is 19.9 Å². The molecule has 3 N–H and O–H groups in total. The molecule has 1 heterocycles. The molecule has 4 nitrogen and oxygen atoms in total. The molecule has 0 spiro atoms. The van der Waals surface area contributed by atoms with Crippen molar-refractivity contribution in [2.24, 2.45) is 10.9 Å². The summed E-state index contributed by atoms with van der Waals surface area (Å²) in [7, 11) is 0. The van der Waals surface area contributed by atoms with Crippen molar-refractivity contribution < 1.29 is 5.11 Å². The van der Waals surface area contributed by atoms with E-state index in [4.69, 9.17) is 5.11 Å². The Morgan fingerprint density at radius 3 is 2.92 bits per heavy atom. The van der Waals surface area contributed by atoms with E-state index in [1.807, 2.05) is 13.8 Å². The highest BCUT2D eigenvalue weighted by atomic mass is 16.3. The molecule has 1 aliphatic rings. The first kappa shape index (κ1) is 9.32. The lowest BCUT2D eigenvalue weighted by molar-refractivity contribution is 0.215. The molecule has 0 aromatic rings. The van der Waals surface area contributed by atoms with Gasteiger partial charge in [0.1, 0.15) is 0 Å². The Kier molecular flexibility index (Phi) is 3.34. The lowest BCUT2D eigenvalue weighted by Gasteiger charge is -2.20. The Labute approximate surface area is 73.1 Å². The van der Waals surface area contributed by atoms with E-state index in [1.165, 1.54) is 0 Å². The van der Waals surface area contributed by atoms with E-state index in [9.17, 15) is 0 Å². The largest absolute Gasteiger partial charge is 0.396 e. The molecule has 0 amide bonds. The maximum atomic E-state index is 8.88. The van der Waals surface area contributed by atoms with E-state index in [2.05, 4.69) is 15.6 Å². The average Bonchev–Trinajstić information content (AvgIpc) is 2.55. The van der Waals surface area contributed by atoms with Crippen LogP contribution >= 0.6 is 0 Å². The summed E-state index contributed by atoms with van der Waals surface area (Å²) in [6.07, 6.45) is 0. The van der Waals surface area contributed by atoms with Crippen LogP contribution in [0.25, 0.3) is 0 Å². The molecule has 0 bridgehead atoms. The van der Waals surface area contributed by atoms with Crippen molar-refractivity contribution in [2.75, 3.05) is 19.7 Å². The quantitative estimate of drug-likeness (QED) is 0.539. The highest BCUT2D eigenvalue weighted by molar-refractivity contribution is 5.81. The molecule has 4 heteroatoms. The van der Waals surface area contributed by atoms with Crippen LogP contribution in [0.15, 0.2) is 4.99 Å². The zero-order valence-corrected chi connectivity index (χ0v) is 7.67. The molecule has 1 rings (SSSR count). The third kappa shape index (κ3) is 2.37. The second-order valence-electron chi connectivity index (χ2n) is 3.25. The summed E-state index contributed by atoms with van der Waals surface area (Å²) in [4.78, 5) is 4.21. The third-order valence-electron chi connectivity index (χ3n) is 2.18. The van der Waals surface area contributed by atoms with Crippen molar-refractivity contribution in [3.8, 4) is 0 Å². The van der Waals surface area contributed by atoms with E-state index >= 15 is 0 Å². The molecule has 0 radical (unpaired) electrons. The van der Waals surface area contributed by atoms with Crippen LogP contribution in [0.2, 0.25) is 0 Å². The Morgan fingerprint density at radius 2 is 2.42 bits per heavy atom. The molecule has 0 fully saturated rings. The van der Waals surface area contributed by atoms with Gasteiger partial charge in [-0.05, 0) is 12.8 Å². The van der Waals surface area contributed by atoms with E-state index in [1.54, 1.807) is 0 Å². The molecule has 0 aliphatic carbocycles. The first-order chi connectivity index (χ1) is 5.74. The van der Waals surface area contributed by atoms with Gasteiger partial charge in [-0.15, -0.1) is 0 Å². The minimum Gasteiger partial charge on any atom is -0.396 e. The van der Waals surface area contributed by atoms with Gasteiger partial charge in [-0.3, -0.25) is 4.99 Å². The standard InChI is InChI=1S/C8H17N3O/c1-6(5-12)7(2)11-8-9-3-4-10-8/h6-7,12H,3-5H2,1-2H3,(H2,9,10,11). The maximum Gasteiger partial charge on any atom is 0.191 e. The molecule has 0 aromatic heterocycles. The van der Waals surface area contributed by atoms with E-state index < -0.39 is 0 Å². The van der Waals surface area contributed by atoms with Crippen molar-refractivity contribution in [3.05, 3.63) is 0 Å². The molecule has 12 heavy (non-hydrogen) atoms. The summed E-state index contributed by atoms with van der Waals surface area (Å²) in [5, 5.41) is 15.2. The molecular weight excluding hydrogens is 154 g/mol. The number of hydrogen-bond donors (Lipinski definition) is 3. The fourth-order valence-electron chi connectivity index (χ4n) is 1.01. The minimum absolute atomic E-state index is 0.210. The van der Waals surface area contributed by atoms with Gasteiger partial charge in [0, 0.05) is 19.2 Å². The Bertz CT molecular complexity index is 170. The molecule has 70 valence electrons. The third-order valence-corrected chi connectivity index (χ3v) is 2.18. The zero-order chi connectivity index (χ0) is 8.97. The fourth-order valence-corrected chi connectivity index (χ4v) is 1.01. The normalized spacial score (nSPS) is 21.1. The number of aliphatic imine (C=N–C) groups is 1. The van der Waals surface area contributed by atoms with Gasteiger partial charge in [-0.25, -0.2) is 0 Å². The number of nitrogens with zero attached hydrogens (tertiary/aromatic N) is 1. The van der Waals surface area contributed by atoms with E-state index in [0.717, 1.165) is 19.0 Å². The van der Waals surface area contributed by atoms with Gasteiger partial charge >= 0.3 is 0 Å². The SMILES string of the molecule is CC(CO)C(C)NC1=NCCN1. The Hall–Kier alpha value is -0.770. The highest BCUT2D eigenvalue weighted by Gasteiger charge is 2.13. The van der Waals surface area contributed by atoms with Crippen LogP contribution in [0, 0.1) is 5.92 Å². The molecule has 0 saturated heterocycles. The predicted octanol–water partition coefficient (Wildman–Crippen LogP) is -0.448. The molecule has 2 atom stereocenters. The second-order valence-corrected chi connectivity index (χ2v) is 3.25. The summed E-state index contributed by atoms with van der Waals surface area (Å²) >= 11 is 0. The first-order valence-corrected chi connectivity index (χ1v) is 4.39. The van der Waals surface area contributed by atoms with Crippen LogP contribution in [0.3, 0.4) is 0 Å². The summed E-state index contributed by atoms with van der Waals surface area (Å²) in [5.41, 5.74) is 0. The van der Waals surface area contributed by atoms with Crippen molar-refractivity contribution in [3.63, 3.8) is 0 Å². The average molecular weight is 171 g/mol. The van der Waals surface area contributed by atoms with Gasteiger partial charge in [-0.2, -0.15) is 0 Å². The number of hydrogen-bond acceptors (Lipinski definition) is 4. The van der Waals surface area contributed by atoms with Gasteiger partial charge in [0.15, 0.2) is 5.96 Å². The predicted molar refractivity (Wildman–Crippen MR) is 49.2 cm³/mol. The maximum absolute atomic E-state index is 8.88. The van der Waals surface area contributed by atoms with Crippen LogP contribution in [0.5, 0.6) is 0 Å². The van der Waals surface area contributed by atoms with Crippen LogP contribution < -0.4 is 10.6 Å². The van der Waals surface area contributed by atoms with E-state index in [0.29, 0.717) is 0 Å². The highest BCUT2D eigenvalue weighted by Crippen LogP contribution is 2.00. The molecule has 0 aromatic carbocycles. The van der Waals surface area contributed by atoms with Gasteiger partial charge in [0.25, 0.3) is 0 Å². The van der Waals surface area contributed by atoms with Crippen LogP contribution in [-0.4, -0.2) is 36.8 Å². The van der Waals surface area contributed by atoms with Crippen molar-refractivity contribution in [1.82, 2.24) is 10.6 Å². The van der Waals surface area contributed by atoms with Crippen LogP contribution in [-0.2, 0) is 0 Å². The number of nitrogens with one attached hydrogen (secondary N) is 2. The van der Waals surface area contributed by atoms with Crippen molar-refractivity contribution >= 4 is 5.96 Å². The van der Waals surface area contributed by atoms with E-state index in [-0.39, 0.29) is 18.6 Å². The topological polar surface area (TPSA) is 56.6 Å². The smallest absolute Gasteiger partial charge is 0.191 e. The molecule has 1 aliphatic heterocycles. The summed E-state index contributed by atoms with van der Waals surface area (Å²) < 4.78 is 0. The number of aliphatic hydroxyl groups excluding tert-OH is 1. The van der Waals surface area contributed by atoms with Crippen LogP contribution in [0.4, 0.5) is 0 Å². The second kappa shape index (κ2) is 4.30. The fraction of sp³-hybridized carbons (Fsp3) is 0.875. The Morgan fingerprint density at radius 1 is 1.67 bits per heavy atom. The number of aliphatic hydroxyl groups is 1. The molecular formula is C8H17N3O. The Balaban J connectivity index is 2.29. The minimum atomic E-state index is 0.210. The first-order valence-electron chi connectivity index (χ1n) is 4.39. The molecule has 0 saturated carbocycles. The van der Waals surface area contributed by atoms with Gasteiger partial charge in [0.05, 0.1) is 6.54 Å². The monoisotopic (exact) mass is 171 g/mol. The van der Waals surface area contributed by atoms with Gasteiger partial charge in [0.2, 0.25) is 0 Å². The zero-order valence-electron chi connectivity index (χ0n) is 7.67.